The topological polar surface area (TPSA) is 114 Å². The van der Waals surface area contributed by atoms with Crippen molar-refractivity contribution in [2.75, 3.05) is 74.4 Å². The number of ether oxygens (including phenoxy) is 5. The first-order chi connectivity index (χ1) is 21.1. The minimum atomic E-state index is -0.469. The molecule has 3 amide bonds. The highest BCUT2D eigenvalue weighted by molar-refractivity contribution is 6.05. The average molecular weight is 612 g/mol. The molecule has 1 saturated heterocycles. The zero-order valence-corrected chi connectivity index (χ0v) is 26.8. The van der Waals surface area contributed by atoms with Gasteiger partial charge in [0.05, 0.1) is 53.4 Å². The van der Waals surface area contributed by atoms with Crippen molar-refractivity contribution < 1.29 is 33.3 Å². The first kappa shape index (κ1) is 32.9. The standard InChI is InChI=1S/C32H45N5O7/c1-32(2,3)33-31(39)36(13-12-35-14-16-44-17-15-35)21-30(38)37-26(22-8-11-27(41-5)29(18-22)43-7)20-25(34-37)24-10-9-23(40-4)19-28(24)42-6/h8-11,18-19,26H,12-17,20-21H2,1-7H3,(H,33,39)/t26-/m1/s1. The number of nitrogens with zero attached hydrogens (tertiary/aromatic N) is 4. The molecule has 0 aromatic heterocycles. The van der Waals surface area contributed by atoms with Crippen LogP contribution in [0.2, 0.25) is 0 Å². The molecule has 2 aromatic rings. The number of carbonyl (C=O) groups is 2. The Kier molecular flexibility index (Phi) is 10.9. The van der Waals surface area contributed by atoms with Crippen LogP contribution in [0, 0.1) is 0 Å². The van der Waals surface area contributed by atoms with Gasteiger partial charge in [-0.15, -0.1) is 0 Å². The molecule has 0 saturated carbocycles. The fraction of sp³-hybridized carbons (Fsp3) is 0.531. The lowest BCUT2D eigenvalue weighted by Crippen LogP contribution is -2.53. The predicted molar refractivity (Wildman–Crippen MR) is 167 cm³/mol. The van der Waals surface area contributed by atoms with Gasteiger partial charge >= 0.3 is 6.03 Å². The monoisotopic (exact) mass is 611 g/mol. The van der Waals surface area contributed by atoms with Gasteiger partial charge in [0.15, 0.2) is 11.5 Å². The van der Waals surface area contributed by atoms with E-state index in [-0.39, 0.29) is 18.5 Å². The Morgan fingerprint density at radius 2 is 1.66 bits per heavy atom. The zero-order valence-electron chi connectivity index (χ0n) is 26.8. The summed E-state index contributed by atoms with van der Waals surface area (Å²) in [5, 5.41) is 9.33. The molecule has 1 N–H and O–H groups in total. The van der Waals surface area contributed by atoms with Gasteiger partial charge in [-0.1, -0.05) is 6.07 Å². The lowest BCUT2D eigenvalue weighted by atomic mass is 9.97. The third-order valence-corrected chi connectivity index (χ3v) is 7.56. The predicted octanol–water partition coefficient (Wildman–Crippen LogP) is 3.54. The minimum absolute atomic E-state index is 0.146. The molecule has 0 radical (unpaired) electrons. The Morgan fingerprint density at radius 1 is 0.955 bits per heavy atom. The maximum absolute atomic E-state index is 14.1. The molecule has 1 fully saturated rings. The fourth-order valence-corrected chi connectivity index (χ4v) is 5.23. The molecule has 240 valence electrons. The number of rotatable bonds is 11. The van der Waals surface area contributed by atoms with Crippen molar-refractivity contribution in [3.05, 3.63) is 47.5 Å². The Hall–Kier alpha value is -4.03. The van der Waals surface area contributed by atoms with E-state index in [4.69, 9.17) is 28.8 Å². The Morgan fingerprint density at radius 3 is 2.30 bits per heavy atom. The second-order valence-electron chi connectivity index (χ2n) is 11.7. The van der Waals surface area contributed by atoms with Crippen molar-refractivity contribution in [3.8, 4) is 23.0 Å². The van der Waals surface area contributed by atoms with Gasteiger partial charge in [-0.3, -0.25) is 9.69 Å². The van der Waals surface area contributed by atoms with Gasteiger partial charge in [-0.2, -0.15) is 5.10 Å². The highest BCUT2D eigenvalue weighted by Gasteiger charge is 2.36. The number of amides is 3. The second-order valence-corrected chi connectivity index (χ2v) is 11.7. The average Bonchev–Trinajstić information content (AvgIpc) is 3.47. The Balaban J connectivity index is 1.66. The number of carbonyl (C=O) groups excluding carboxylic acids is 2. The normalized spacial score (nSPS) is 17.1. The van der Waals surface area contributed by atoms with Crippen LogP contribution in [0.4, 0.5) is 4.79 Å². The van der Waals surface area contributed by atoms with Crippen LogP contribution in [0.3, 0.4) is 0 Å². The maximum atomic E-state index is 14.1. The number of hydrogen-bond acceptors (Lipinski definition) is 9. The van der Waals surface area contributed by atoms with Crippen molar-refractivity contribution >= 4 is 17.6 Å². The lowest BCUT2D eigenvalue weighted by Gasteiger charge is -2.33. The third kappa shape index (κ3) is 8.11. The molecule has 2 heterocycles. The van der Waals surface area contributed by atoms with E-state index in [1.165, 1.54) is 5.01 Å². The van der Waals surface area contributed by atoms with E-state index in [9.17, 15) is 9.59 Å². The second kappa shape index (κ2) is 14.6. The fourth-order valence-electron chi connectivity index (χ4n) is 5.23. The van der Waals surface area contributed by atoms with Crippen molar-refractivity contribution in [2.45, 2.75) is 38.8 Å². The molecular formula is C32H45N5O7. The summed E-state index contributed by atoms with van der Waals surface area (Å²) < 4.78 is 27.5. The quantitative estimate of drug-likeness (QED) is 0.411. The largest absolute Gasteiger partial charge is 0.497 e. The van der Waals surface area contributed by atoms with Crippen molar-refractivity contribution in [1.29, 1.82) is 0 Å². The third-order valence-electron chi connectivity index (χ3n) is 7.56. The summed E-state index contributed by atoms with van der Waals surface area (Å²) in [5.74, 6) is 2.05. The van der Waals surface area contributed by atoms with Crippen LogP contribution < -0.4 is 24.3 Å². The number of nitrogens with one attached hydrogen (secondary N) is 1. The number of methoxy groups -OCH3 is 4. The molecule has 1 atom stereocenters. The maximum Gasteiger partial charge on any atom is 0.318 e. The van der Waals surface area contributed by atoms with Gasteiger partial charge in [0.1, 0.15) is 18.0 Å². The first-order valence-electron chi connectivity index (χ1n) is 14.8. The van der Waals surface area contributed by atoms with Gasteiger partial charge in [-0.25, -0.2) is 9.80 Å². The van der Waals surface area contributed by atoms with Crippen LogP contribution in [-0.4, -0.2) is 112 Å². The van der Waals surface area contributed by atoms with Gasteiger partial charge < -0.3 is 33.9 Å². The van der Waals surface area contributed by atoms with Crippen LogP contribution in [0.15, 0.2) is 41.5 Å². The van der Waals surface area contributed by atoms with E-state index in [1.807, 2.05) is 51.1 Å². The number of urea groups is 1. The molecule has 44 heavy (non-hydrogen) atoms. The molecule has 0 spiro atoms. The minimum Gasteiger partial charge on any atom is -0.497 e. The number of benzene rings is 2. The molecule has 2 aliphatic heterocycles. The van der Waals surface area contributed by atoms with Crippen molar-refractivity contribution in [2.24, 2.45) is 5.10 Å². The summed E-state index contributed by atoms with van der Waals surface area (Å²) >= 11 is 0. The molecule has 2 aliphatic rings. The van der Waals surface area contributed by atoms with E-state index in [2.05, 4.69) is 10.2 Å². The van der Waals surface area contributed by atoms with Gasteiger partial charge in [0, 0.05) is 49.8 Å². The Labute approximate surface area is 259 Å². The first-order valence-corrected chi connectivity index (χ1v) is 14.8. The smallest absolute Gasteiger partial charge is 0.318 e. The SMILES string of the molecule is COc1ccc(C2=NN(C(=O)CN(CCN3CCOCC3)C(=O)NC(C)(C)C)[C@@H](c3ccc(OC)c(OC)c3)C2)c(OC)c1. The highest BCUT2D eigenvalue weighted by atomic mass is 16.5. The molecule has 12 heteroatoms. The molecule has 2 aromatic carbocycles. The van der Waals surface area contributed by atoms with E-state index < -0.39 is 11.6 Å². The van der Waals surface area contributed by atoms with Crippen molar-refractivity contribution in [3.63, 3.8) is 0 Å². The molecule has 4 rings (SSSR count). The van der Waals surface area contributed by atoms with E-state index >= 15 is 0 Å². The summed E-state index contributed by atoms with van der Waals surface area (Å²) in [6.45, 7) is 9.49. The summed E-state index contributed by atoms with van der Waals surface area (Å²) in [4.78, 5) is 31.4. The van der Waals surface area contributed by atoms with Gasteiger partial charge in [0.2, 0.25) is 0 Å². The summed E-state index contributed by atoms with van der Waals surface area (Å²) in [6, 6.07) is 10.3. The van der Waals surface area contributed by atoms with E-state index in [1.54, 1.807) is 39.4 Å². The van der Waals surface area contributed by atoms with E-state index in [0.29, 0.717) is 61.4 Å². The Bertz CT molecular complexity index is 1340. The van der Waals surface area contributed by atoms with Crippen LogP contribution >= 0.6 is 0 Å². The molecule has 0 unspecified atom stereocenters. The number of morpholine rings is 1. The molecule has 0 bridgehead atoms. The number of hydrogen-bond donors (Lipinski definition) is 1. The van der Waals surface area contributed by atoms with Crippen LogP contribution in [0.1, 0.15) is 44.4 Å². The molecule has 0 aliphatic carbocycles. The van der Waals surface area contributed by atoms with E-state index in [0.717, 1.165) is 24.2 Å². The lowest BCUT2D eigenvalue weighted by molar-refractivity contribution is -0.133. The van der Waals surface area contributed by atoms with Crippen LogP contribution in [0.5, 0.6) is 23.0 Å². The number of hydrazone groups is 1. The summed E-state index contributed by atoms with van der Waals surface area (Å²) in [6.07, 6.45) is 0.422. The molecule has 12 nitrogen and oxygen atoms in total. The summed E-state index contributed by atoms with van der Waals surface area (Å²) in [7, 11) is 6.33. The van der Waals surface area contributed by atoms with Crippen LogP contribution in [-0.2, 0) is 9.53 Å². The molecular weight excluding hydrogens is 566 g/mol. The van der Waals surface area contributed by atoms with Crippen LogP contribution in [0.25, 0.3) is 0 Å². The summed E-state index contributed by atoms with van der Waals surface area (Å²) in [5.41, 5.74) is 1.78. The van der Waals surface area contributed by atoms with Gasteiger partial charge in [0.25, 0.3) is 5.91 Å². The highest BCUT2D eigenvalue weighted by Crippen LogP contribution is 2.39. The van der Waals surface area contributed by atoms with Gasteiger partial charge in [-0.05, 0) is 50.6 Å². The van der Waals surface area contributed by atoms with Crippen molar-refractivity contribution in [1.82, 2.24) is 20.1 Å². The zero-order chi connectivity index (χ0) is 31.9.